The van der Waals surface area contributed by atoms with Gasteiger partial charge in [-0.25, -0.2) is 0 Å². The average molecular weight is 229 g/mol. The molecule has 90 valence electrons. The Hall–Kier alpha value is -1.32. The summed E-state index contributed by atoms with van der Waals surface area (Å²) in [6.45, 7) is 0. The molecule has 3 rings (SSSR count). The zero-order valence-electron chi connectivity index (χ0n) is 10.4. The van der Waals surface area contributed by atoms with E-state index in [1.807, 2.05) is 0 Å². The lowest BCUT2D eigenvalue weighted by Crippen LogP contribution is -2.37. The fourth-order valence-corrected chi connectivity index (χ4v) is 2.88. The number of nitrogens with two attached hydrogens (primary N) is 1. The van der Waals surface area contributed by atoms with Crippen LogP contribution in [0.3, 0.4) is 0 Å². The number of fused-ring (bicyclic) bond motifs is 3. The lowest BCUT2D eigenvalue weighted by atomic mass is 9.88. The van der Waals surface area contributed by atoms with Gasteiger partial charge in [-0.2, -0.15) is 0 Å². The minimum atomic E-state index is 0.138. The third-order valence-corrected chi connectivity index (χ3v) is 3.91. The van der Waals surface area contributed by atoms with Crippen LogP contribution in [0.15, 0.2) is 24.3 Å². The van der Waals surface area contributed by atoms with Gasteiger partial charge in [-0.15, -0.1) is 0 Å². The van der Waals surface area contributed by atoms with Crippen molar-refractivity contribution >= 4 is 10.9 Å². The van der Waals surface area contributed by atoms with Crippen LogP contribution in [0, 0.1) is 0 Å². The van der Waals surface area contributed by atoms with Crippen molar-refractivity contribution < 1.29 is 0 Å². The molecule has 2 aromatic rings. The van der Waals surface area contributed by atoms with Gasteiger partial charge in [-0.3, -0.25) is 0 Å². The third-order valence-electron chi connectivity index (χ3n) is 3.91. The Morgan fingerprint density at radius 3 is 2.82 bits per heavy atom. The van der Waals surface area contributed by atoms with E-state index < -0.39 is 0 Å². The molecule has 17 heavy (non-hydrogen) atoms. The van der Waals surface area contributed by atoms with E-state index in [2.05, 4.69) is 48.2 Å². The summed E-state index contributed by atoms with van der Waals surface area (Å²) in [5.74, 6) is 0. The minimum absolute atomic E-state index is 0.138. The number of nitrogens with one attached hydrogen (secondary N) is 1. The molecule has 3 N–H and O–H groups in total. The molecule has 1 aliphatic carbocycles. The molecular formula is C14H19N3. The van der Waals surface area contributed by atoms with Gasteiger partial charge in [0.2, 0.25) is 0 Å². The zero-order valence-corrected chi connectivity index (χ0v) is 10.4. The maximum Gasteiger partial charge on any atom is 0.0466 e. The largest absolute Gasteiger partial charge is 0.357 e. The molecule has 3 nitrogen and oxygen atoms in total. The second kappa shape index (κ2) is 3.86. The molecule has 1 aliphatic rings. The summed E-state index contributed by atoms with van der Waals surface area (Å²) in [5, 5.41) is 1.34. The number of rotatable bonds is 1. The summed E-state index contributed by atoms with van der Waals surface area (Å²) >= 11 is 0. The number of benzene rings is 1. The highest BCUT2D eigenvalue weighted by atomic mass is 15.1. The van der Waals surface area contributed by atoms with Crippen LogP contribution >= 0.6 is 0 Å². The van der Waals surface area contributed by atoms with E-state index >= 15 is 0 Å². The van der Waals surface area contributed by atoms with E-state index in [1.165, 1.54) is 22.2 Å². The van der Waals surface area contributed by atoms with Crippen LogP contribution in [0.5, 0.6) is 0 Å². The van der Waals surface area contributed by atoms with Crippen LogP contribution in [-0.2, 0) is 6.42 Å². The van der Waals surface area contributed by atoms with Crippen LogP contribution in [0.1, 0.15) is 23.7 Å². The van der Waals surface area contributed by atoms with Crippen molar-refractivity contribution in [2.24, 2.45) is 5.73 Å². The molecule has 1 aromatic heterocycles. The van der Waals surface area contributed by atoms with Gasteiger partial charge in [0.05, 0.1) is 0 Å². The zero-order chi connectivity index (χ0) is 12.0. The van der Waals surface area contributed by atoms with E-state index in [0.717, 1.165) is 12.8 Å². The number of hydrogen-bond acceptors (Lipinski definition) is 2. The maximum absolute atomic E-state index is 6.28. The Balaban J connectivity index is 2.13. The van der Waals surface area contributed by atoms with Crippen LogP contribution in [0.4, 0.5) is 0 Å². The monoisotopic (exact) mass is 229 g/mol. The van der Waals surface area contributed by atoms with E-state index in [1.54, 1.807) is 0 Å². The highest BCUT2D eigenvalue weighted by Gasteiger charge is 2.28. The summed E-state index contributed by atoms with van der Waals surface area (Å²) in [5.41, 5.74) is 10.2. The van der Waals surface area contributed by atoms with Crippen molar-refractivity contribution in [3.8, 4) is 0 Å². The predicted octanol–water partition coefficient (Wildman–Crippen LogP) is 2.04. The Kier molecular flexibility index (Phi) is 2.45. The summed E-state index contributed by atoms with van der Waals surface area (Å²) in [6, 6.07) is 9.18. The molecule has 2 unspecified atom stereocenters. The number of H-pyrrole nitrogens is 1. The summed E-state index contributed by atoms with van der Waals surface area (Å²) < 4.78 is 0. The fourth-order valence-electron chi connectivity index (χ4n) is 2.88. The molecule has 3 heteroatoms. The van der Waals surface area contributed by atoms with Gasteiger partial charge in [0.15, 0.2) is 0 Å². The highest BCUT2D eigenvalue weighted by molar-refractivity contribution is 5.85. The molecule has 2 atom stereocenters. The number of likely N-dealkylation sites (N-methyl/N-ethyl adjacent to an activating group) is 1. The van der Waals surface area contributed by atoms with Crippen LogP contribution in [0.2, 0.25) is 0 Å². The number of nitrogens with zero attached hydrogens (tertiary/aromatic N) is 1. The Bertz CT molecular complexity index is 541. The van der Waals surface area contributed by atoms with Crippen molar-refractivity contribution in [1.82, 2.24) is 9.88 Å². The highest BCUT2D eigenvalue weighted by Crippen LogP contribution is 2.34. The second-order valence-corrected chi connectivity index (χ2v) is 5.23. The van der Waals surface area contributed by atoms with Crippen LogP contribution in [-0.4, -0.2) is 30.0 Å². The van der Waals surface area contributed by atoms with Gasteiger partial charge >= 0.3 is 0 Å². The average Bonchev–Trinajstić information content (AvgIpc) is 2.68. The first-order chi connectivity index (χ1) is 8.16. The first-order valence-electron chi connectivity index (χ1n) is 6.18. The smallest absolute Gasteiger partial charge is 0.0466 e. The Morgan fingerprint density at radius 2 is 2.06 bits per heavy atom. The van der Waals surface area contributed by atoms with Gasteiger partial charge in [0, 0.05) is 28.7 Å². The van der Waals surface area contributed by atoms with Gasteiger partial charge in [-0.05, 0) is 38.6 Å². The normalized spacial score (nSPS) is 24.2. The van der Waals surface area contributed by atoms with Crippen molar-refractivity contribution in [2.75, 3.05) is 14.1 Å². The van der Waals surface area contributed by atoms with Crippen molar-refractivity contribution in [2.45, 2.75) is 24.9 Å². The van der Waals surface area contributed by atoms with E-state index in [9.17, 15) is 0 Å². The number of aromatic nitrogens is 1. The maximum atomic E-state index is 6.28. The summed E-state index contributed by atoms with van der Waals surface area (Å²) in [4.78, 5) is 5.76. The predicted molar refractivity (Wildman–Crippen MR) is 71.0 cm³/mol. The molecule has 0 amide bonds. The Labute approximate surface area is 102 Å². The van der Waals surface area contributed by atoms with Crippen LogP contribution in [0.25, 0.3) is 10.9 Å². The molecule has 1 heterocycles. The van der Waals surface area contributed by atoms with Crippen molar-refractivity contribution in [3.63, 3.8) is 0 Å². The van der Waals surface area contributed by atoms with Gasteiger partial charge in [-0.1, -0.05) is 18.2 Å². The molecular weight excluding hydrogens is 210 g/mol. The molecule has 0 saturated heterocycles. The first kappa shape index (κ1) is 10.8. The quantitative estimate of drug-likeness (QED) is 0.786. The van der Waals surface area contributed by atoms with Crippen molar-refractivity contribution in [3.05, 3.63) is 35.5 Å². The SMILES string of the molecule is CN(C)C1Cc2c([nH]c3ccccc23)C(N)C1. The second-order valence-electron chi connectivity index (χ2n) is 5.23. The molecule has 1 aromatic carbocycles. The molecule has 0 aliphatic heterocycles. The fraction of sp³-hybridized carbons (Fsp3) is 0.429. The van der Waals surface area contributed by atoms with E-state index in [4.69, 9.17) is 5.73 Å². The van der Waals surface area contributed by atoms with Crippen molar-refractivity contribution in [1.29, 1.82) is 0 Å². The number of para-hydroxylation sites is 1. The first-order valence-corrected chi connectivity index (χ1v) is 6.18. The molecule has 0 spiro atoms. The molecule has 0 bridgehead atoms. The number of hydrogen-bond donors (Lipinski definition) is 2. The molecule has 0 saturated carbocycles. The molecule has 0 radical (unpaired) electrons. The van der Waals surface area contributed by atoms with Gasteiger partial charge < -0.3 is 15.6 Å². The molecule has 0 fully saturated rings. The lowest BCUT2D eigenvalue weighted by Gasteiger charge is -2.31. The van der Waals surface area contributed by atoms with Crippen LogP contribution < -0.4 is 5.73 Å². The standard InChI is InChI=1S/C14H19N3/c1-17(2)9-7-11-10-5-3-4-6-13(10)16-14(11)12(15)8-9/h3-6,9,12,16H,7-8,15H2,1-2H3. The topological polar surface area (TPSA) is 45.0 Å². The Morgan fingerprint density at radius 1 is 1.29 bits per heavy atom. The van der Waals surface area contributed by atoms with E-state index in [-0.39, 0.29) is 6.04 Å². The van der Waals surface area contributed by atoms with Gasteiger partial charge in [0.25, 0.3) is 0 Å². The summed E-state index contributed by atoms with van der Waals surface area (Å²) in [7, 11) is 4.27. The number of aromatic amines is 1. The van der Waals surface area contributed by atoms with E-state index in [0.29, 0.717) is 6.04 Å². The van der Waals surface area contributed by atoms with Gasteiger partial charge in [0.1, 0.15) is 0 Å². The minimum Gasteiger partial charge on any atom is -0.357 e. The third kappa shape index (κ3) is 1.66. The summed E-state index contributed by atoms with van der Waals surface area (Å²) in [6.07, 6.45) is 2.13. The lowest BCUT2D eigenvalue weighted by molar-refractivity contribution is 0.251.